The van der Waals surface area contributed by atoms with Crippen LogP contribution in [0.25, 0.3) is 0 Å². The van der Waals surface area contributed by atoms with Crippen LogP contribution in [0.5, 0.6) is 0 Å². The molecule has 3 heterocycles. The second-order valence-electron chi connectivity index (χ2n) is 7.23. The Kier molecular flexibility index (Phi) is 4.27. The van der Waals surface area contributed by atoms with Gasteiger partial charge in [-0.05, 0) is 56.2 Å². The summed E-state index contributed by atoms with van der Waals surface area (Å²) in [6.45, 7) is 3.98. The molecule has 24 heavy (non-hydrogen) atoms. The highest BCUT2D eigenvalue weighted by atomic mass is 16.5. The van der Waals surface area contributed by atoms with Crippen LogP contribution in [0.2, 0.25) is 0 Å². The van der Waals surface area contributed by atoms with E-state index in [1.165, 1.54) is 18.4 Å². The fraction of sp³-hybridized carbons (Fsp3) is 0.579. The first kappa shape index (κ1) is 15.6. The Balaban J connectivity index is 1.54. The molecule has 1 saturated heterocycles. The highest BCUT2D eigenvalue weighted by molar-refractivity contribution is 5.43. The van der Waals surface area contributed by atoms with Crippen LogP contribution in [0.3, 0.4) is 0 Å². The SMILES string of the molecule is Cc1cccc(N2CC[C@H](OCC3CC3)[C@@H]2Cc2cnn(C)c2)n1. The van der Waals surface area contributed by atoms with Crippen molar-refractivity contribution >= 4 is 5.82 Å². The zero-order valence-electron chi connectivity index (χ0n) is 14.6. The van der Waals surface area contributed by atoms with Gasteiger partial charge in [0.05, 0.1) is 18.3 Å². The molecule has 1 saturated carbocycles. The van der Waals surface area contributed by atoms with Gasteiger partial charge in [0.15, 0.2) is 0 Å². The molecule has 2 aromatic heterocycles. The lowest BCUT2D eigenvalue weighted by Crippen LogP contribution is -2.39. The summed E-state index contributed by atoms with van der Waals surface area (Å²) in [5, 5.41) is 4.32. The average molecular weight is 326 g/mol. The third-order valence-corrected chi connectivity index (χ3v) is 5.10. The fourth-order valence-electron chi connectivity index (χ4n) is 3.60. The predicted octanol–water partition coefficient (Wildman–Crippen LogP) is 2.74. The van der Waals surface area contributed by atoms with Gasteiger partial charge in [0, 0.05) is 32.1 Å². The van der Waals surface area contributed by atoms with Gasteiger partial charge in [-0.15, -0.1) is 0 Å². The van der Waals surface area contributed by atoms with E-state index in [0.717, 1.165) is 43.4 Å². The molecule has 1 aliphatic carbocycles. The number of ether oxygens (including phenoxy) is 1. The minimum absolute atomic E-state index is 0.285. The summed E-state index contributed by atoms with van der Waals surface area (Å²) in [6.07, 6.45) is 9.07. The lowest BCUT2D eigenvalue weighted by molar-refractivity contribution is 0.0407. The lowest BCUT2D eigenvalue weighted by atomic mass is 10.0. The molecule has 5 nitrogen and oxygen atoms in total. The van der Waals surface area contributed by atoms with Crippen LogP contribution >= 0.6 is 0 Å². The monoisotopic (exact) mass is 326 g/mol. The van der Waals surface area contributed by atoms with Crippen LogP contribution in [0, 0.1) is 12.8 Å². The van der Waals surface area contributed by atoms with Crippen LogP contribution in [-0.4, -0.2) is 40.1 Å². The molecule has 0 unspecified atom stereocenters. The van der Waals surface area contributed by atoms with Crippen molar-refractivity contribution in [2.75, 3.05) is 18.1 Å². The van der Waals surface area contributed by atoms with Crippen LogP contribution in [0.15, 0.2) is 30.6 Å². The Bertz CT molecular complexity index is 694. The van der Waals surface area contributed by atoms with Gasteiger partial charge in [0.1, 0.15) is 5.82 Å². The predicted molar refractivity (Wildman–Crippen MR) is 94.1 cm³/mol. The first-order chi connectivity index (χ1) is 11.7. The zero-order chi connectivity index (χ0) is 16.5. The molecule has 4 rings (SSSR count). The van der Waals surface area contributed by atoms with Crippen molar-refractivity contribution in [3.63, 3.8) is 0 Å². The fourth-order valence-corrected chi connectivity index (χ4v) is 3.60. The van der Waals surface area contributed by atoms with Crippen molar-refractivity contribution in [1.82, 2.24) is 14.8 Å². The van der Waals surface area contributed by atoms with E-state index < -0.39 is 0 Å². The number of rotatable bonds is 6. The summed E-state index contributed by atoms with van der Waals surface area (Å²) in [5.41, 5.74) is 2.33. The maximum absolute atomic E-state index is 6.30. The molecule has 2 aromatic rings. The summed E-state index contributed by atoms with van der Waals surface area (Å²) < 4.78 is 8.18. The van der Waals surface area contributed by atoms with Crippen LogP contribution < -0.4 is 4.90 Å². The summed E-state index contributed by atoms with van der Waals surface area (Å²) in [5.74, 6) is 1.87. The Morgan fingerprint density at radius 3 is 2.83 bits per heavy atom. The summed E-state index contributed by atoms with van der Waals surface area (Å²) in [6, 6.07) is 6.60. The number of hydrogen-bond acceptors (Lipinski definition) is 4. The molecule has 0 aromatic carbocycles. The number of nitrogens with zero attached hydrogens (tertiary/aromatic N) is 4. The molecule has 0 N–H and O–H groups in total. The first-order valence-corrected chi connectivity index (χ1v) is 8.98. The minimum atomic E-state index is 0.285. The Hall–Kier alpha value is -1.88. The van der Waals surface area contributed by atoms with Gasteiger partial charge in [-0.3, -0.25) is 4.68 Å². The largest absolute Gasteiger partial charge is 0.376 e. The average Bonchev–Trinajstić information content (AvgIpc) is 3.18. The second kappa shape index (κ2) is 6.55. The Morgan fingerprint density at radius 2 is 2.12 bits per heavy atom. The van der Waals surface area contributed by atoms with Crippen LogP contribution in [0.1, 0.15) is 30.5 Å². The number of aryl methyl sites for hydroxylation is 2. The number of hydrogen-bond donors (Lipinski definition) is 0. The second-order valence-corrected chi connectivity index (χ2v) is 7.23. The molecule has 0 bridgehead atoms. The van der Waals surface area contributed by atoms with Gasteiger partial charge in [-0.1, -0.05) is 6.07 Å². The standard InChI is InChI=1S/C19H26N4O/c1-14-4-3-5-19(21-14)23-9-8-18(24-13-15-6-7-15)17(23)10-16-11-20-22(2)12-16/h3-5,11-12,15,17-18H,6-10,13H2,1-2H3/t17-,18-/m0/s1. The molecule has 5 heteroatoms. The normalized spacial score (nSPS) is 23.8. The van der Waals surface area contributed by atoms with Crippen molar-refractivity contribution in [2.24, 2.45) is 13.0 Å². The van der Waals surface area contributed by atoms with Gasteiger partial charge in [-0.25, -0.2) is 4.98 Å². The van der Waals surface area contributed by atoms with Crippen LogP contribution in [0.4, 0.5) is 5.82 Å². The molecule has 0 amide bonds. The molecule has 0 spiro atoms. The molecular formula is C19H26N4O. The highest BCUT2D eigenvalue weighted by Gasteiger charge is 2.37. The molecular weight excluding hydrogens is 300 g/mol. The van der Waals surface area contributed by atoms with Crippen molar-refractivity contribution in [2.45, 2.75) is 44.8 Å². The maximum atomic E-state index is 6.30. The summed E-state index contributed by atoms with van der Waals surface area (Å²) >= 11 is 0. The lowest BCUT2D eigenvalue weighted by Gasteiger charge is -2.29. The third kappa shape index (κ3) is 3.46. The number of pyridine rings is 1. The molecule has 128 valence electrons. The van der Waals surface area contributed by atoms with Gasteiger partial charge in [0.25, 0.3) is 0 Å². The Morgan fingerprint density at radius 1 is 1.25 bits per heavy atom. The van der Waals surface area contributed by atoms with E-state index >= 15 is 0 Å². The molecule has 0 radical (unpaired) electrons. The molecule has 1 aliphatic heterocycles. The quantitative estimate of drug-likeness (QED) is 0.819. The van der Waals surface area contributed by atoms with Gasteiger partial charge < -0.3 is 9.64 Å². The van der Waals surface area contributed by atoms with E-state index in [4.69, 9.17) is 9.72 Å². The molecule has 2 aliphatic rings. The van der Waals surface area contributed by atoms with E-state index in [1.54, 1.807) is 0 Å². The summed E-state index contributed by atoms with van der Waals surface area (Å²) in [4.78, 5) is 7.17. The van der Waals surface area contributed by atoms with E-state index in [1.807, 2.05) is 17.9 Å². The van der Waals surface area contributed by atoms with Crippen molar-refractivity contribution in [1.29, 1.82) is 0 Å². The minimum Gasteiger partial charge on any atom is -0.376 e. The van der Waals surface area contributed by atoms with E-state index in [2.05, 4.69) is 41.3 Å². The highest BCUT2D eigenvalue weighted by Crippen LogP contribution is 2.33. The number of anilines is 1. The molecule has 2 fully saturated rings. The first-order valence-electron chi connectivity index (χ1n) is 8.98. The third-order valence-electron chi connectivity index (χ3n) is 5.10. The van der Waals surface area contributed by atoms with E-state index in [0.29, 0.717) is 6.04 Å². The number of aromatic nitrogens is 3. The molecule has 2 atom stereocenters. The van der Waals surface area contributed by atoms with Gasteiger partial charge in [0.2, 0.25) is 0 Å². The van der Waals surface area contributed by atoms with Gasteiger partial charge in [-0.2, -0.15) is 5.10 Å². The van der Waals surface area contributed by atoms with E-state index in [9.17, 15) is 0 Å². The van der Waals surface area contributed by atoms with Crippen molar-refractivity contribution in [3.05, 3.63) is 41.9 Å². The topological polar surface area (TPSA) is 43.2 Å². The summed E-state index contributed by atoms with van der Waals surface area (Å²) in [7, 11) is 1.97. The van der Waals surface area contributed by atoms with Crippen LogP contribution in [-0.2, 0) is 18.2 Å². The van der Waals surface area contributed by atoms with Crippen molar-refractivity contribution in [3.8, 4) is 0 Å². The van der Waals surface area contributed by atoms with Crippen molar-refractivity contribution < 1.29 is 4.74 Å². The smallest absolute Gasteiger partial charge is 0.129 e. The maximum Gasteiger partial charge on any atom is 0.129 e. The Labute approximate surface area is 143 Å². The van der Waals surface area contributed by atoms with Gasteiger partial charge >= 0.3 is 0 Å². The zero-order valence-corrected chi connectivity index (χ0v) is 14.6. The van der Waals surface area contributed by atoms with E-state index in [-0.39, 0.29) is 6.10 Å².